The third-order valence-electron chi connectivity index (χ3n) is 1.28. The Morgan fingerprint density at radius 1 is 1.22 bits per heavy atom. The van der Waals surface area contributed by atoms with Crippen molar-refractivity contribution in [3.8, 4) is 0 Å². The molecule has 0 saturated carbocycles. The van der Waals surface area contributed by atoms with E-state index in [-0.39, 0.29) is 6.92 Å². The van der Waals surface area contributed by atoms with Crippen LogP contribution in [0.5, 0.6) is 0 Å². The Bertz CT molecular complexity index is 172. The molecule has 1 N–H and O–H groups in total. The zero-order valence-electron chi connectivity index (χ0n) is 5.41. The molecule has 1 aromatic rings. The van der Waals surface area contributed by atoms with Crippen molar-refractivity contribution in [1.29, 1.82) is 0 Å². The van der Waals surface area contributed by atoms with Gasteiger partial charge in [-0.15, -0.1) is 0 Å². The Morgan fingerprint density at radius 2 is 1.78 bits per heavy atom. The maximum atomic E-state index is 9.02. The maximum absolute atomic E-state index is 9.02. The summed E-state index contributed by atoms with van der Waals surface area (Å²) in [6.07, 6.45) is 0. The first kappa shape index (κ1) is 6.37. The van der Waals surface area contributed by atoms with Crippen LogP contribution >= 0.6 is 0 Å². The monoisotopic (exact) mass is 120 g/mol. The molecule has 9 heavy (non-hydrogen) atoms. The van der Waals surface area contributed by atoms with E-state index in [2.05, 4.69) is 0 Å². The molecule has 0 aliphatic carbocycles. The topological polar surface area (TPSA) is 20.2 Å². The minimum Gasteiger partial charge on any atom is -0.447 e. The Balaban J connectivity index is 2.85. The first-order valence-electron chi connectivity index (χ1n) is 3.03. The van der Waals surface area contributed by atoms with E-state index in [1.165, 1.54) is 0 Å². The zero-order chi connectivity index (χ0) is 6.69. The second-order valence-corrected chi connectivity index (χ2v) is 2.09. The van der Waals surface area contributed by atoms with Gasteiger partial charge in [0.1, 0.15) is 0 Å². The molecule has 2 heteroatoms. The van der Waals surface area contributed by atoms with Crippen molar-refractivity contribution in [3.05, 3.63) is 30.3 Å². The summed E-state index contributed by atoms with van der Waals surface area (Å²) in [5, 5.41) is 9.02. The van der Waals surface area contributed by atoms with Gasteiger partial charge in [-0.1, -0.05) is 37.2 Å². The summed E-state index contributed by atoms with van der Waals surface area (Å²) in [7, 11) is 0. The normalized spacial score (nSPS) is 9.11. The van der Waals surface area contributed by atoms with Crippen LogP contribution in [0.3, 0.4) is 0 Å². The SMILES string of the molecule is CB(O)c1ccccc1. The van der Waals surface area contributed by atoms with Gasteiger partial charge < -0.3 is 5.02 Å². The van der Waals surface area contributed by atoms with E-state index in [1.807, 2.05) is 30.3 Å². The quantitative estimate of drug-likeness (QED) is 0.535. The van der Waals surface area contributed by atoms with Gasteiger partial charge in [0.05, 0.1) is 0 Å². The average Bonchev–Trinajstić information content (AvgIpc) is 1.90. The van der Waals surface area contributed by atoms with Crippen LogP contribution in [0.15, 0.2) is 30.3 Å². The van der Waals surface area contributed by atoms with Crippen LogP contribution in [-0.4, -0.2) is 11.9 Å². The minimum absolute atomic E-state index is 0.341. The third kappa shape index (κ3) is 1.58. The van der Waals surface area contributed by atoms with Crippen LogP contribution in [0.1, 0.15) is 0 Å². The summed E-state index contributed by atoms with van der Waals surface area (Å²) in [6, 6.07) is 9.59. The van der Waals surface area contributed by atoms with Gasteiger partial charge in [0.15, 0.2) is 0 Å². The molecule has 0 aliphatic heterocycles. The number of benzene rings is 1. The highest BCUT2D eigenvalue weighted by molar-refractivity contribution is 6.64. The van der Waals surface area contributed by atoms with Crippen LogP contribution in [0, 0.1) is 0 Å². The summed E-state index contributed by atoms with van der Waals surface area (Å²) in [4.78, 5) is 0. The predicted molar refractivity (Wildman–Crippen MR) is 39.9 cm³/mol. The van der Waals surface area contributed by atoms with Gasteiger partial charge in [-0.25, -0.2) is 0 Å². The maximum Gasteiger partial charge on any atom is 0.320 e. The van der Waals surface area contributed by atoms with Crippen molar-refractivity contribution in [2.24, 2.45) is 0 Å². The fraction of sp³-hybridized carbons (Fsp3) is 0.143. The molecule has 0 aliphatic rings. The predicted octanol–water partition coefficient (Wildman–Crippen LogP) is 0.507. The van der Waals surface area contributed by atoms with E-state index < -0.39 is 0 Å². The molecule has 0 amide bonds. The fourth-order valence-electron chi connectivity index (χ4n) is 0.732. The molecule has 1 aromatic carbocycles. The standard InChI is InChI=1S/C7H9BO/c1-8(9)7-5-3-2-4-6-7/h2-6,9H,1H3. The smallest absolute Gasteiger partial charge is 0.320 e. The van der Waals surface area contributed by atoms with Crippen LogP contribution in [0.4, 0.5) is 0 Å². The lowest BCUT2D eigenvalue weighted by molar-refractivity contribution is 0.594. The van der Waals surface area contributed by atoms with Crippen molar-refractivity contribution >= 4 is 12.4 Å². The van der Waals surface area contributed by atoms with Gasteiger partial charge in [0.2, 0.25) is 0 Å². The molecule has 0 fully saturated rings. The highest BCUT2D eigenvalue weighted by Crippen LogP contribution is 1.83. The largest absolute Gasteiger partial charge is 0.447 e. The van der Waals surface area contributed by atoms with E-state index >= 15 is 0 Å². The molecule has 46 valence electrons. The molecule has 0 atom stereocenters. The van der Waals surface area contributed by atoms with Gasteiger partial charge in [0, 0.05) is 0 Å². The summed E-state index contributed by atoms with van der Waals surface area (Å²) in [5.41, 5.74) is 0.970. The van der Waals surface area contributed by atoms with Gasteiger partial charge in [0.25, 0.3) is 0 Å². The minimum atomic E-state index is -0.341. The van der Waals surface area contributed by atoms with Crippen molar-refractivity contribution < 1.29 is 5.02 Å². The highest BCUT2D eigenvalue weighted by Gasteiger charge is 2.02. The molecule has 0 bridgehead atoms. The molecule has 1 rings (SSSR count). The molecule has 0 heterocycles. The second kappa shape index (κ2) is 2.69. The third-order valence-corrected chi connectivity index (χ3v) is 1.28. The average molecular weight is 120 g/mol. The molecule has 0 saturated heterocycles. The van der Waals surface area contributed by atoms with Crippen LogP contribution < -0.4 is 5.46 Å². The molecular formula is C7H9BO. The molecule has 0 aromatic heterocycles. The van der Waals surface area contributed by atoms with Crippen LogP contribution in [0.2, 0.25) is 6.82 Å². The Kier molecular flexibility index (Phi) is 1.90. The Hall–Kier alpha value is -0.755. The van der Waals surface area contributed by atoms with E-state index in [9.17, 15) is 0 Å². The highest BCUT2D eigenvalue weighted by atomic mass is 16.2. The number of hydrogen-bond acceptors (Lipinski definition) is 1. The van der Waals surface area contributed by atoms with Gasteiger partial charge >= 0.3 is 6.92 Å². The van der Waals surface area contributed by atoms with Crippen molar-refractivity contribution in [3.63, 3.8) is 0 Å². The first-order valence-corrected chi connectivity index (χ1v) is 3.03. The van der Waals surface area contributed by atoms with Crippen molar-refractivity contribution in [2.45, 2.75) is 6.82 Å². The van der Waals surface area contributed by atoms with E-state index in [4.69, 9.17) is 5.02 Å². The van der Waals surface area contributed by atoms with E-state index in [0.29, 0.717) is 0 Å². The lowest BCUT2D eigenvalue weighted by Crippen LogP contribution is -2.25. The fourth-order valence-corrected chi connectivity index (χ4v) is 0.732. The summed E-state index contributed by atoms with van der Waals surface area (Å²) >= 11 is 0. The lowest BCUT2D eigenvalue weighted by atomic mass is 9.64. The summed E-state index contributed by atoms with van der Waals surface area (Å²) in [5.74, 6) is 0. The Morgan fingerprint density at radius 3 is 2.11 bits per heavy atom. The molecule has 0 unspecified atom stereocenters. The van der Waals surface area contributed by atoms with Crippen LogP contribution in [-0.2, 0) is 0 Å². The van der Waals surface area contributed by atoms with Crippen LogP contribution in [0.25, 0.3) is 0 Å². The molecular weight excluding hydrogens is 111 g/mol. The number of rotatable bonds is 1. The van der Waals surface area contributed by atoms with E-state index in [0.717, 1.165) is 5.46 Å². The van der Waals surface area contributed by atoms with Gasteiger partial charge in [-0.05, 0) is 5.46 Å². The van der Waals surface area contributed by atoms with Gasteiger partial charge in [-0.2, -0.15) is 0 Å². The van der Waals surface area contributed by atoms with Crippen molar-refractivity contribution in [2.75, 3.05) is 0 Å². The zero-order valence-corrected chi connectivity index (χ0v) is 5.41. The molecule has 1 nitrogen and oxygen atoms in total. The first-order chi connectivity index (χ1) is 4.30. The number of hydrogen-bond donors (Lipinski definition) is 1. The van der Waals surface area contributed by atoms with E-state index in [1.54, 1.807) is 6.82 Å². The van der Waals surface area contributed by atoms with Gasteiger partial charge in [-0.3, -0.25) is 0 Å². The summed E-state index contributed by atoms with van der Waals surface area (Å²) in [6.45, 7) is 1.42. The molecule has 0 radical (unpaired) electrons. The second-order valence-electron chi connectivity index (χ2n) is 2.09. The Labute approximate surface area is 55.4 Å². The van der Waals surface area contributed by atoms with Crippen molar-refractivity contribution in [1.82, 2.24) is 0 Å². The molecule has 0 spiro atoms. The summed E-state index contributed by atoms with van der Waals surface area (Å²) < 4.78 is 0. The lowest BCUT2D eigenvalue weighted by Gasteiger charge is -1.96.